The van der Waals surface area contributed by atoms with E-state index in [4.69, 9.17) is 27.9 Å². The third-order valence-electron chi connectivity index (χ3n) is 4.25. The number of benzene rings is 2. The summed E-state index contributed by atoms with van der Waals surface area (Å²) in [5.41, 5.74) is 1.63. The second-order valence-corrected chi connectivity index (χ2v) is 6.77. The zero-order valence-corrected chi connectivity index (χ0v) is 16.1. The molecule has 0 bridgehead atoms. The number of urea groups is 1. The molecule has 1 aliphatic heterocycles. The molecule has 1 N–H and O–H groups in total. The van der Waals surface area contributed by atoms with Crippen molar-refractivity contribution >= 4 is 40.6 Å². The number of carbonyl (C=O) groups excluding carboxylic acids is 1. The number of amides is 2. The van der Waals surface area contributed by atoms with E-state index in [1.807, 2.05) is 31.2 Å². The van der Waals surface area contributed by atoms with Crippen molar-refractivity contribution in [1.29, 1.82) is 0 Å². The van der Waals surface area contributed by atoms with E-state index in [9.17, 15) is 4.79 Å². The number of para-hydroxylation sites is 2. The van der Waals surface area contributed by atoms with Gasteiger partial charge in [-0.1, -0.05) is 35.3 Å². The molecule has 0 radical (unpaired) electrons. The fourth-order valence-corrected chi connectivity index (χ4v) is 3.39. The number of nitrogens with zero attached hydrogens (tertiary/aromatic N) is 2. The summed E-state index contributed by atoms with van der Waals surface area (Å²) in [4.78, 5) is 16.5. The molecule has 2 amide bonds. The number of halogens is 2. The number of hydrogen-bond acceptors (Lipinski definition) is 3. The highest BCUT2D eigenvalue weighted by molar-refractivity contribution is 6.36. The summed E-state index contributed by atoms with van der Waals surface area (Å²) < 4.78 is 5.71. The van der Waals surface area contributed by atoms with E-state index in [-0.39, 0.29) is 6.03 Å². The lowest BCUT2D eigenvalue weighted by molar-refractivity contribution is 0.208. The summed E-state index contributed by atoms with van der Waals surface area (Å²) in [5, 5.41) is 3.81. The maximum absolute atomic E-state index is 12.5. The van der Waals surface area contributed by atoms with Crippen LogP contribution in [-0.2, 0) is 0 Å². The first-order chi connectivity index (χ1) is 12.6. The Kier molecular flexibility index (Phi) is 6.12. The minimum absolute atomic E-state index is 0.160. The molecule has 0 aromatic heterocycles. The van der Waals surface area contributed by atoms with Crippen LogP contribution in [0.3, 0.4) is 0 Å². The van der Waals surface area contributed by atoms with E-state index in [2.05, 4.69) is 10.2 Å². The molecular formula is C19H21Cl2N3O2. The van der Waals surface area contributed by atoms with E-state index < -0.39 is 0 Å². The second-order valence-electron chi connectivity index (χ2n) is 5.93. The van der Waals surface area contributed by atoms with Crippen LogP contribution in [0.25, 0.3) is 0 Å². The highest BCUT2D eigenvalue weighted by Gasteiger charge is 2.23. The van der Waals surface area contributed by atoms with Crippen LogP contribution in [0.5, 0.6) is 5.75 Å². The monoisotopic (exact) mass is 393 g/mol. The van der Waals surface area contributed by atoms with Crippen LogP contribution in [0.1, 0.15) is 6.92 Å². The van der Waals surface area contributed by atoms with Gasteiger partial charge in [0.15, 0.2) is 0 Å². The molecule has 138 valence electrons. The quantitative estimate of drug-likeness (QED) is 0.814. The van der Waals surface area contributed by atoms with Crippen molar-refractivity contribution in [3.8, 4) is 5.75 Å². The zero-order chi connectivity index (χ0) is 18.5. The molecule has 5 nitrogen and oxygen atoms in total. The van der Waals surface area contributed by atoms with Gasteiger partial charge in [0.25, 0.3) is 0 Å². The second kappa shape index (κ2) is 8.52. The Labute approximate surface area is 163 Å². The number of hydrogen-bond donors (Lipinski definition) is 1. The van der Waals surface area contributed by atoms with Crippen LogP contribution in [0.4, 0.5) is 16.2 Å². The summed E-state index contributed by atoms with van der Waals surface area (Å²) in [6.45, 7) is 5.33. The lowest BCUT2D eigenvalue weighted by Crippen LogP contribution is -2.50. The minimum atomic E-state index is -0.160. The summed E-state index contributed by atoms with van der Waals surface area (Å²) in [6, 6.07) is 12.8. The maximum atomic E-state index is 12.5. The predicted octanol–water partition coefficient (Wildman–Crippen LogP) is 4.75. The van der Waals surface area contributed by atoms with E-state index >= 15 is 0 Å². The molecule has 26 heavy (non-hydrogen) atoms. The fourth-order valence-electron chi connectivity index (χ4n) is 2.93. The number of piperazine rings is 1. The van der Waals surface area contributed by atoms with Crippen LogP contribution in [0.15, 0.2) is 42.5 Å². The molecule has 3 rings (SSSR count). The van der Waals surface area contributed by atoms with Crippen molar-refractivity contribution in [1.82, 2.24) is 4.90 Å². The Bertz CT molecular complexity index is 777. The van der Waals surface area contributed by atoms with Crippen LogP contribution in [0.2, 0.25) is 10.0 Å². The van der Waals surface area contributed by atoms with Gasteiger partial charge in [-0.05, 0) is 37.3 Å². The standard InChI is InChI=1S/C19H21Cl2N3O2/c1-2-26-18-6-4-3-5-17(18)23-9-11-24(12-10-23)19(25)22-16-8-7-14(20)13-15(16)21/h3-8,13H,2,9-12H2,1H3,(H,22,25). The highest BCUT2D eigenvalue weighted by Crippen LogP contribution is 2.29. The molecule has 1 fully saturated rings. The number of nitrogens with one attached hydrogen (secondary N) is 1. The van der Waals surface area contributed by atoms with Gasteiger partial charge in [-0.2, -0.15) is 0 Å². The van der Waals surface area contributed by atoms with Gasteiger partial charge < -0.3 is 19.9 Å². The van der Waals surface area contributed by atoms with Crippen LogP contribution < -0.4 is 15.0 Å². The Morgan fingerprint density at radius 3 is 2.54 bits per heavy atom. The molecule has 1 aliphatic rings. The third kappa shape index (κ3) is 4.34. The molecular weight excluding hydrogens is 373 g/mol. The number of ether oxygens (including phenoxy) is 1. The molecule has 7 heteroatoms. The lowest BCUT2D eigenvalue weighted by Gasteiger charge is -2.36. The van der Waals surface area contributed by atoms with Crippen molar-refractivity contribution in [2.75, 3.05) is 43.0 Å². The van der Waals surface area contributed by atoms with Gasteiger partial charge in [-0.15, -0.1) is 0 Å². The SMILES string of the molecule is CCOc1ccccc1N1CCN(C(=O)Nc2ccc(Cl)cc2Cl)CC1. The Morgan fingerprint density at radius 2 is 1.85 bits per heavy atom. The predicted molar refractivity (Wildman–Crippen MR) is 107 cm³/mol. The lowest BCUT2D eigenvalue weighted by atomic mass is 10.2. The Balaban J connectivity index is 1.60. The van der Waals surface area contributed by atoms with Crippen molar-refractivity contribution in [3.05, 3.63) is 52.5 Å². The molecule has 2 aromatic rings. The van der Waals surface area contributed by atoms with E-state index in [1.54, 1.807) is 23.1 Å². The normalized spacial score (nSPS) is 14.3. The molecule has 0 saturated carbocycles. The van der Waals surface area contributed by atoms with Crippen molar-refractivity contribution in [3.63, 3.8) is 0 Å². The van der Waals surface area contributed by atoms with Crippen LogP contribution in [-0.4, -0.2) is 43.7 Å². The van der Waals surface area contributed by atoms with Gasteiger partial charge >= 0.3 is 6.03 Å². The first kappa shape index (κ1) is 18.7. The number of anilines is 2. The number of rotatable bonds is 4. The van der Waals surface area contributed by atoms with Gasteiger partial charge in [-0.25, -0.2) is 4.79 Å². The Morgan fingerprint density at radius 1 is 1.12 bits per heavy atom. The summed E-state index contributed by atoms with van der Waals surface area (Å²) in [7, 11) is 0. The summed E-state index contributed by atoms with van der Waals surface area (Å²) in [5.74, 6) is 0.876. The maximum Gasteiger partial charge on any atom is 0.322 e. The van der Waals surface area contributed by atoms with Gasteiger partial charge in [0.05, 0.1) is 23.0 Å². The zero-order valence-electron chi connectivity index (χ0n) is 14.5. The van der Waals surface area contributed by atoms with Crippen molar-refractivity contribution in [2.24, 2.45) is 0 Å². The van der Waals surface area contributed by atoms with Crippen molar-refractivity contribution < 1.29 is 9.53 Å². The molecule has 1 saturated heterocycles. The van der Waals surface area contributed by atoms with Gasteiger partial charge in [0.2, 0.25) is 0 Å². The van der Waals surface area contributed by atoms with Gasteiger partial charge in [0.1, 0.15) is 5.75 Å². The van der Waals surface area contributed by atoms with Crippen LogP contribution >= 0.6 is 23.2 Å². The molecule has 0 atom stereocenters. The summed E-state index contributed by atoms with van der Waals surface area (Å²) >= 11 is 12.0. The molecule has 2 aromatic carbocycles. The van der Waals surface area contributed by atoms with Gasteiger partial charge in [0, 0.05) is 31.2 Å². The van der Waals surface area contributed by atoms with Gasteiger partial charge in [-0.3, -0.25) is 0 Å². The smallest absolute Gasteiger partial charge is 0.322 e. The topological polar surface area (TPSA) is 44.8 Å². The minimum Gasteiger partial charge on any atom is -0.492 e. The molecule has 0 unspecified atom stereocenters. The number of carbonyl (C=O) groups is 1. The fraction of sp³-hybridized carbons (Fsp3) is 0.316. The largest absolute Gasteiger partial charge is 0.492 e. The molecule has 1 heterocycles. The third-order valence-corrected chi connectivity index (χ3v) is 4.79. The Hall–Kier alpha value is -2.11. The van der Waals surface area contributed by atoms with Crippen LogP contribution in [0, 0.1) is 0 Å². The molecule has 0 aliphatic carbocycles. The van der Waals surface area contributed by atoms with E-state index in [0.29, 0.717) is 35.4 Å². The summed E-state index contributed by atoms with van der Waals surface area (Å²) in [6.07, 6.45) is 0. The first-order valence-electron chi connectivity index (χ1n) is 8.56. The van der Waals surface area contributed by atoms with E-state index in [0.717, 1.165) is 24.5 Å². The average Bonchev–Trinajstić information content (AvgIpc) is 2.65. The first-order valence-corrected chi connectivity index (χ1v) is 9.32. The average molecular weight is 394 g/mol. The molecule has 0 spiro atoms. The van der Waals surface area contributed by atoms with E-state index in [1.165, 1.54) is 0 Å². The highest BCUT2D eigenvalue weighted by atomic mass is 35.5. The van der Waals surface area contributed by atoms with Crippen molar-refractivity contribution in [2.45, 2.75) is 6.92 Å².